The van der Waals surface area contributed by atoms with Crippen LogP contribution in [0, 0.1) is 5.92 Å². The van der Waals surface area contributed by atoms with Crippen LogP contribution in [0.3, 0.4) is 0 Å². The van der Waals surface area contributed by atoms with Gasteiger partial charge in [-0.1, -0.05) is 84.9 Å². The molecule has 1 atom stereocenters. The Morgan fingerprint density at radius 2 is 1.59 bits per heavy atom. The van der Waals surface area contributed by atoms with Gasteiger partial charge in [0.05, 0.1) is 11.4 Å². The number of fused-ring (bicyclic) bond motifs is 1. The standard InChI is InChI=1S/C27H23N3O2/c1-2-17-30-23-16-10-9-15-21(23)24(26(30)32)28-29-25(31)22-18-27(22,19-11-5-3-6-12-19)20-13-7-4-8-14-20/h2-16,22,32H,1,17-18H2. The third-order valence-electron chi connectivity index (χ3n) is 6.31. The molecule has 1 N–H and O–H groups in total. The first-order valence-corrected chi connectivity index (χ1v) is 10.6. The number of aromatic hydroxyl groups is 1. The average Bonchev–Trinajstić information content (AvgIpc) is 3.55. The Hall–Kier alpha value is -3.99. The van der Waals surface area contributed by atoms with Crippen LogP contribution in [0.5, 0.6) is 5.88 Å². The lowest BCUT2D eigenvalue weighted by molar-refractivity contribution is -0.119. The maximum atomic E-state index is 13.2. The molecule has 0 radical (unpaired) electrons. The number of carbonyl (C=O) groups is 1. The largest absolute Gasteiger partial charge is 0.493 e. The lowest BCUT2D eigenvalue weighted by Crippen LogP contribution is -2.16. The molecule has 1 amide bonds. The van der Waals surface area contributed by atoms with Gasteiger partial charge < -0.3 is 9.67 Å². The number of rotatable bonds is 6. The Morgan fingerprint density at radius 3 is 2.22 bits per heavy atom. The Balaban J connectivity index is 1.50. The first-order valence-electron chi connectivity index (χ1n) is 10.6. The van der Waals surface area contributed by atoms with E-state index in [-0.39, 0.29) is 17.7 Å². The SMILES string of the molecule is C=CCn1c(O)c(N=NC(=O)C2CC2(c2ccccc2)c2ccccc2)c2ccccc21. The fraction of sp³-hybridized carbons (Fsp3) is 0.148. The molecule has 1 aliphatic carbocycles. The molecule has 0 spiro atoms. The second-order valence-corrected chi connectivity index (χ2v) is 8.09. The van der Waals surface area contributed by atoms with Crippen molar-refractivity contribution in [3.05, 3.63) is 109 Å². The van der Waals surface area contributed by atoms with E-state index >= 15 is 0 Å². The molecular formula is C27H23N3O2. The molecule has 158 valence electrons. The highest BCUT2D eigenvalue weighted by molar-refractivity contribution is 5.95. The van der Waals surface area contributed by atoms with Crippen molar-refractivity contribution >= 4 is 22.5 Å². The van der Waals surface area contributed by atoms with Gasteiger partial charge in [0.15, 0.2) is 5.69 Å². The lowest BCUT2D eigenvalue weighted by atomic mass is 9.85. The number of carbonyl (C=O) groups excluding carboxylic acids is 1. The Kier molecular flexibility index (Phi) is 4.94. The highest BCUT2D eigenvalue weighted by atomic mass is 16.3. The van der Waals surface area contributed by atoms with E-state index in [1.165, 1.54) is 0 Å². The van der Waals surface area contributed by atoms with Crippen LogP contribution in [0.1, 0.15) is 17.5 Å². The number of hydrogen-bond donors (Lipinski definition) is 1. The summed E-state index contributed by atoms with van der Waals surface area (Å²) in [5.41, 5.74) is 2.94. The number of hydrogen-bond acceptors (Lipinski definition) is 3. The van der Waals surface area contributed by atoms with Crippen molar-refractivity contribution in [1.29, 1.82) is 0 Å². The minimum Gasteiger partial charge on any atom is -0.493 e. The molecule has 1 saturated carbocycles. The summed E-state index contributed by atoms with van der Waals surface area (Å²) in [7, 11) is 0. The van der Waals surface area contributed by atoms with Gasteiger partial charge in [-0.25, -0.2) is 0 Å². The van der Waals surface area contributed by atoms with Crippen LogP contribution in [0.15, 0.2) is 108 Å². The fourth-order valence-electron chi connectivity index (χ4n) is 4.69. The fourth-order valence-corrected chi connectivity index (χ4v) is 4.69. The highest BCUT2D eigenvalue weighted by Crippen LogP contribution is 2.59. The first-order chi connectivity index (χ1) is 15.7. The normalized spacial score (nSPS) is 16.9. The van der Waals surface area contributed by atoms with Crippen LogP contribution < -0.4 is 0 Å². The number of aromatic nitrogens is 1. The third-order valence-corrected chi connectivity index (χ3v) is 6.31. The summed E-state index contributed by atoms with van der Waals surface area (Å²) in [6.07, 6.45) is 2.39. The van der Waals surface area contributed by atoms with Crippen molar-refractivity contribution in [1.82, 2.24) is 4.57 Å². The molecule has 32 heavy (non-hydrogen) atoms. The Labute approximate surface area is 186 Å². The van der Waals surface area contributed by atoms with Gasteiger partial charge in [-0.15, -0.1) is 16.8 Å². The second kappa shape index (κ2) is 7.93. The highest BCUT2D eigenvalue weighted by Gasteiger charge is 2.60. The maximum Gasteiger partial charge on any atom is 0.269 e. The molecule has 5 heteroatoms. The van der Waals surface area contributed by atoms with Gasteiger partial charge in [0.1, 0.15) is 0 Å². The van der Waals surface area contributed by atoms with Crippen molar-refractivity contribution < 1.29 is 9.90 Å². The van der Waals surface area contributed by atoms with Crippen molar-refractivity contribution in [3.63, 3.8) is 0 Å². The predicted molar refractivity (Wildman–Crippen MR) is 125 cm³/mol. The first kappa shape index (κ1) is 19.9. The van der Waals surface area contributed by atoms with Crippen molar-refractivity contribution in [3.8, 4) is 5.88 Å². The molecule has 5 nitrogen and oxygen atoms in total. The predicted octanol–water partition coefficient (Wildman–Crippen LogP) is 6.15. The van der Waals surface area contributed by atoms with Gasteiger partial charge in [0.2, 0.25) is 5.88 Å². The average molecular weight is 422 g/mol. The van der Waals surface area contributed by atoms with Gasteiger partial charge >= 0.3 is 0 Å². The smallest absolute Gasteiger partial charge is 0.269 e. The van der Waals surface area contributed by atoms with Crippen LogP contribution in [0.4, 0.5) is 5.69 Å². The minimum atomic E-state index is -0.391. The van der Waals surface area contributed by atoms with E-state index in [4.69, 9.17) is 0 Å². The molecule has 1 aliphatic rings. The minimum absolute atomic E-state index is 0.0178. The lowest BCUT2D eigenvalue weighted by Gasteiger charge is -2.17. The summed E-state index contributed by atoms with van der Waals surface area (Å²) in [5.74, 6) is -0.590. The molecule has 0 bridgehead atoms. The van der Waals surface area contributed by atoms with Crippen LogP contribution in [-0.4, -0.2) is 15.6 Å². The summed E-state index contributed by atoms with van der Waals surface area (Å²) >= 11 is 0. The Bertz CT molecular complexity index is 1280. The van der Waals surface area contributed by atoms with E-state index in [9.17, 15) is 9.90 Å². The van der Waals surface area contributed by atoms with Crippen LogP contribution in [0.25, 0.3) is 10.9 Å². The topological polar surface area (TPSA) is 66.9 Å². The van der Waals surface area contributed by atoms with Crippen LogP contribution in [0.2, 0.25) is 0 Å². The van der Waals surface area contributed by atoms with Gasteiger partial charge in [-0.2, -0.15) is 0 Å². The monoisotopic (exact) mass is 421 g/mol. The quantitative estimate of drug-likeness (QED) is 0.300. The summed E-state index contributed by atoms with van der Waals surface area (Å²) < 4.78 is 1.70. The maximum absolute atomic E-state index is 13.2. The van der Waals surface area contributed by atoms with E-state index in [1.807, 2.05) is 60.7 Å². The van der Waals surface area contributed by atoms with Gasteiger partial charge in [0.25, 0.3) is 5.91 Å². The van der Waals surface area contributed by atoms with Gasteiger partial charge in [-0.05, 0) is 23.6 Å². The van der Waals surface area contributed by atoms with Crippen molar-refractivity contribution in [2.24, 2.45) is 16.1 Å². The van der Waals surface area contributed by atoms with Gasteiger partial charge in [0, 0.05) is 17.3 Å². The molecule has 1 heterocycles. The molecule has 4 aromatic rings. The summed E-state index contributed by atoms with van der Waals surface area (Å²) in [6.45, 7) is 4.19. The molecule has 1 fully saturated rings. The summed E-state index contributed by atoms with van der Waals surface area (Å²) in [4.78, 5) is 13.2. The van der Waals surface area contributed by atoms with Crippen LogP contribution >= 0.6 is 0 Å². The molecule has 1 unspecified atom stereocenters. The van der Waals surface area contributed by atoms with Gasteiger partial charge in [-0.3, -0.25) is 4.79 Å². The third kappa shape index (κ3) is 3.14. The van der Waals surface area contributed by atoms with E-state index < -0.39 is 5.41 Å². The molecule has 3 aromatic carbocycles. The van der Waals surface area contributed by atoms with E-state index in [1.54, 1.807) is 10.6 Å². The number of azo groups is 1. The van der Waals surface area contributed by atoms with Crippen LogP contribution in [-0.2, 0) is 16.8 Å². The van der Waals surface area contributed by atoms with E-state index in [0.29, 0.717) is 18.7 Å². The molecule has 0 saturated heterocycles. The number of nitrogens with zero attached hydrogens (tertiary/aromatic N) is 3. The zero-order chi connectivity index (χ0) is 22.1. The van der Waals surface area contributed by atoms with E-state index in [2.05, 4.69) is 41.1 Å². The van der Waals surface area contributed by atoms with Crippen molar-refractivity contribution in [2.45, 2.75) is 18.4 Å². The second-order valence-electron chi connectivity index (χ2n) is 8.09. The number of amides is 1. The molecular weight excluding hydrogens is 398 g/mol. The summed E-state index contributed by atoms with van der Waals surface area (Å²) in [5, 5.41) is 19.8. The number of para-hydroxylation sites is 1. The van der Waals surface area contributed by atoms with E-state index in [0.717, 1.165) is 22.0 Å². The Morgan fingerprint density at radius 1 is 1.00 bits per heavy atom. The summed E-state index contributed by atoms with van der Waals surface area (Å²) in [6, 6.07) is 27.7. The zero-order valence-corrected chi connectivity index (χ0v) is 17.6. The van der Waals surface area contributed by atoms with Crippen molar-refractivity contribution in [2.75, 3.05) is 0 Å². The number of benzene rings is 3. The molecule has 1 aromatic heterocycles. The zero-order valence-electron chi connectivity index (χ0n) is 17.6. The molecule has 0 aliphatic heterocycles. The molecule has 5 rings (SSSR count). The number of allylic oxidation sites excluding steroid dienone is 1.